The van der Waals surface area contributed by atoms with Gasteiger partial charge in [-0.2, -0.15) is 0 Å². The highest BCUT2D eigenvalue weighted by atomic mass is 16.5. The molecule has 0 amide bonds. The zero-order chi connectivity index (χ0) is 92.5. The van der Waals surface area contributed by atoms with Crippen molar-refractivity contribution < 1.29 is 9.15 Å². The number of hydrogen-bond donors (Lipinski definition) is 0. The van der Waals surface area contributed by atoms with Crippen molar-refractivity contribution in [3.8, 4) is 112 Å². The monoisotopic (exact) mass is 1780 g/mol. The van der Waals surface area contributed by atoms with Gasteiger partial charge in [0.2, 0.25) is 11.8 Å². The molecule has 0 unspecified atom stereocenters. The van der Waals surface area contributed by atoms with Crippen molar-refractivity contribution in [2.45, 2.75) is 387 Å². The maximum absolute atomic E-state index is 7.17. The van der Waals surface area contributed by atoms with Gasteiger partial charge in [-0.25, -0.2) is 0 Å². The van der Waals surface area contributed by atoms with Crippen molar-refractivity contribution in [3.05, 3.63) is 263 Å². The van der Waals surface area contributed by atoms with Crippen LogP contribution in [0.2, 0.25) is 0 Å². The van der Waals surface area contributed by atoms with Gasteiger partial charge in [-0.3, -0.25) is 0 Å². The van der Waals surface area contributed by atoms with Gasteiger partial charge in [0.05, 0.1) is 17.6 Å². The first kappa shape index (κ1) is 97.3. The van der Waals surface area contributed by atoms with Crippen LogP contribution in [-0.4, -0.2) is 21.4 Å². The van der Waals surface area contributed by atoms with Gasteiger partial charge in [0.25, 0.3) is 0 Å². The zero-order valence-electron chi connectivity index (χ0n) is 84.1. The van der Waals surface area contributed by atoms with E-state index in [0.717, 1.165) is 61.2 Å². The Balaban J connectivity index is 0.816. The fourth-order valence-electron chi connectivity index (χ4n) is 24.2. The lowest BCUT2D eigenvalue weighted by Gasteiger charge is -2.34. The Morgan fingerprint density at radius 3 is 0.940 bits per heavy atom. The van der Waals surface area contributed by atoms with Gasteiger partial charge in [0, 0.05) is 43.8 Å². The molecule has 0 saturated heterocycles. The Kier molecular flexibility index (Phi) is 34.7. The number of hydrogen-bond acceptors (Lipinski definition) is 4. The molecule has 0 bridgehead atoms. The second-order valence-corrected chi connectivity index (χ2v) is 41.4. The molecule has 16 rings (SSSR count). The van der Waals surface area contributed by atoms with E-state index in [2.05, 4.69) is 285 Å². The van der Waals surface area contributed by atoms with Crippen molar-refractivity contribution in [1.29, 1.82) is 0 Å². The number of aryl methyl sites for hydroxylation is 2. The van der Waals surface area contributed by atoms with Gasteiger partial charge in [-0.15, -0.1) is 10.2 Å². The molecule has 2 aromatic heterocycles. The second kappa shape index (κ2) is 47.8. The third kappa shape index (κ3) is 22.1. The lowest BCUT2D eigenvalue weighted by molar-refractivity contribution is 0.304. The minimum absolute atomic E-state index is 0.0574. The van der Waals surface area contributed by atoms with E-state index in [4.69, 9.17) is 19.4 Å². The summed E-state index contributed by atoms with van der Waals surface area (Å²) in [6, 6.07) is 87.1. The highest BCUT2D eigenvalue weighted by Gasteiger charge is 2.47. The Bertz CT molecular complexity index is 5900. The van der Waals surface area contributed by atoms with Gasteiger partial charge in [-0.1, -0.05) is 451 Å². The highest BCUT2D eigenvalue weighted by Crippen LogP contribution is 2.61. The largest absolute Gasteiger partial charge is 0.494 e. The molecule has 5 heteroatoms. The van der Waals surface area contributed by atoms with E-state index in [1.165, 1.54) is 404 Å². The quantitative estimate of drug-likeness (QED) is 0.0357. The molecule has 3 aliphatic rings. The lowest BCUT2D eigenvalue weighted by atomic mass is 9.69. The molecule has 11 aromatic carbocycles. The Labute approximate surface area is 808 Å². The maximum atomic E-state index is 7.17. The maximum Gasteiger partial charge on any atom is 0.248 e. The standard InChI is InChI=1S/C129H161N3O2/c1-10-17-24-31-38-48-79-127(80-49-39-32-25-18-11-2)117-86-95(8)57-70-108(117)109-73-62-99(89-118(109)127)98-61-72-107(116(88-98)126-131-130-125(134-126)97-59-68-106(69-60-97)133-85-54-44-37-30-23-16-7)104-67-77-113-112-75-64-101(91-120(112)129(122(113)93-104,83-52-42-35-28-21-14-5)84-53-43-36-29-22-15-6)100-63-74-110-111-76-65-102(92-121(111)128(119(110)90-100,81-50-40-33-26-19-12-3)82-51-41-34-27-20-13-4)103-66-78-115-114-71-58-96(9)87-123(114)132(124(115)94-103)105-55-46-45-47-56-105/h45-47,55-78,86-94H,10-44,48-54,79-85H2,1-9H3. The molecule has 0 radical (unpaired) electrons. The van der Waals surface area contributed by atoms with Crippen LogP contribution in [0.15, 0.2) is 223 Å². The van der Waals surface area contributed by atoms with Crippen LogP contribution in [0.25, 0.3) is 128 Å². The number of fused-ring (bicyclic) bond motifs is 12. The minimum Gasteiger partial charge on any atom is -0.494 e. The summed E-state index contributed by atoms with van der Waals surface area (Å²) in [5.74, 6) is 1.93. The minimum atomic E-state index is -0.216. The molecular formula is C129H161N3O2. The van der Waals surface area contributed by atoms with Crippen LogP contribution in [0.1, 0.15) is 401 Å². The van der Waals surface area contributed by atoms with Gasteiger partial charge in [-0.05, 0) is 261 Å². The van der Waals surface area contributed by atoms with Crippen LogP contribution in [0.5, 0.6) is 5.75 Å². The van der Waals surface area contributed by atoms with Crippen LogP contribution in [0.3, 0.4) is 0 Å². The van der Waals surface area contributed by atoms with E-state index in [9.17, 15) is 0 Å². The normalized spacial score (nSPS) is 13.6. The summed E-state index contributed by atoms with van der Waals surface area (Å²) in [6.45, 7) is 21.7. The smallest absolute Gasteiger partial charge is 0.248 e. The van der Waals surface area contributed by atoms with Crippen molar-refractivity contribution in [1.82, 2.24) is 14.8 Å². The van der Waals surface area contributed by atoms with Crippen LogP contribution in [-0.2, 0) is 16.2 Å². The van der Waals surface area contributed by atoms with E-state index >= 15 is 0 Å². The predicted molar refractivity (Wildman–Crippen MR) is 576 cm³/mol. The molecule has 0 spiro atoms. The first-order valence-electron chi connectivity index (χ1n) is 54.7. The van der Waals surface area contributed by atoms with Crippen LogP contribution in [0.4, 0.5) is 0 Å². The molecule has 134 heavy (non-hydrogen) atoms. The molecule has 5 nitrogen and oxygen atoms in total. The third-order valence-electron chi connectivity index (χ3n) is 31.8. The van der Waals surface area contributed by atoms with Gasteiger partial charge >= 0.3 is 0 Å². The molecular weight excluding hydrogens is 1620 g/mol. The van der Waals surface area contributed by atoms with Crippen molar-refractivity contribution in [3.63, 3.8) is 0 Å². The molecule has 0 fully saturated rings. The summed E-state index contributed by atoms with van der Waals surface area (Å²) < 4.78 is 16.0. The number of nitrogens with zero attached hydrogens (tertiary/aromatic N) is 3. The number of para-hydroxylation sites is 1. The highest BCUT2D eigenvalue weighted by molar-refractivity contribution is 6.10. The number of ether oxygens (including phenoxy) is 1. The molecule has 704 valence electrons. The Hall–Kier alpha value is -9.84. The second-order valence-electron chi connectivity index (χ2n) is 41.4. The molecule has 2 heterocycles. The fourth-order valence-corrected chi connectivity index (χ4v) is 24.2. The zero-order valence-corrected chi connectivity index (χ0v) is 84.1. The summed E-state index contributed by atoms with van der Waals surface area (Å²) in [5.41, 5.74) is 35.7. The number of aromatic nitrogens is 3. The summed E-state index contributed by atoms with van der Waals surface area (Å²) in [5, 5.41) is 12.7. The van der Waals surface area contributed by atoms with E-state index < -0.39 is 0 Å². The SMILES string of the molecule is CCCCCCCCOc1ccc(-c2nnc(-c3cc(-c4ccc5c(c4)C(CCCCCCCC)(CCCCCCCC)c4cc(C)ccc4-5)ccc3-c3ccc4c(c3)C(CCCCCCCC)(CCCCCCCC)c3cc(-c5ccc6c(c5)C(CCCCCCCC)(CCCCCCCC)c5cc(-c7ccc8c9ccc(C)cc9n(-c9ccccc9)c8c7)ccc5-6)ccc3-4)o2)cc1. The van der Waals surface area contributed by atoms with E-state index in [-0.39, 0.29) is 16.2 Å². The van der Waals surface area contributed by atoms with Gasteiger partial charge in [0.15, 0.2) is 0 Å². The molecule has 0 aliphatic heterocycles. The first-order valence-corrected chi connectivity index (χ1v) is 54.7. The van der Waals surface area contributed by atoms with E-state index in [1.807, 2.05) is 0 Å². The summed E-state index contributed by atoms with van der Waals surface area (Å²) in [4.78, 5) is 0. The summed E-state index contributed by atoms with van der Waals surface area (Å²) >= 11 is 0. The molecule has 0 atom stereocenters. The average molecular weight is 1790 g/mol. The van der Waals surface area contributed by atoms with E-state index in [0.29, 0.717) is 11.8 Å². The Morgan fingerprint density at radius 2 is 0.530 bits per heavy atom. The Morgan fingerprint density at radius 1 is 0.239 bits per heavy atom. The van der Waals surface area contributed by atoms with E-state index in [1.54, 1.807) is 16.7 Å². The number of unbranched alkanes of at least 4 members (excludes halogenated alkanes) is 35. The van der Waals surface area contributed by atoms with Crippen LogP contribution < -0.4 is 4.74 Å². The average Bonchev–Trinajstić information content (AvgIpc) is 1.55. The molecule has 3 aliphatic carbocycles. The molecule has 13 aromatic rings. The third-order valence-corrected chi connectivity index (χ3v) is 31.8. The van der Waals surface area contributed by atoms with Crippen molar-refractivity contribution >= 4 is 21.8 Å². The number of benzene rings is 11. The topological polar surface area (TPSA) is 53.1 Å². The van der Waals surface area contributed by atoms with Crippen molar-refractivity contribution in [2.75, 3.05) is 6.61 Å². The predicted octanol–water partition coefficient (Wildman–Crippen LogP) is 39.8. The van der Waals surface area contributed by atoms with Crippen LogP contribution >= 0.6 is 0 Å². The summed E-state index contributed by atoms with van der Waals surface area (Å²) in [6.07, 6.45) is 60.4. The van der Waals surface area contributed by atoms with Gasteiger partial charge in [0.1, 0.15) is 5.75 Å². The summed E-state index contributed by atoms with van der Waals surface area (Å²) in [7, 11) is 0. The first-order chi connectivity index (χ1) is 66.0. The molecule has 0 N–H and O–H groups in total. The lowest BCUT2D eigenvalue weighted by Crippen LogP contribution is -2.26. The molecule has 0 saturated carbocycles. The van der Waals surface area contributed by atoms with Crippen LogP contribution in [0, 0.1) is 13.8 Å². The number of rotatable bonds is 57. The van der Waals surface area contributed by atoms with Gasteiger partial charge < -0.3 is 13.7 Å². The van der Waals surface area contributed by atoms with Crippen molar-refractivity contribution in [2.24, 2.45) is 0 Å². The fraction of sp³-hybridized carbons (Fsp3) is 0.473.